The number of aryl methyl sites for hydroxylation is 1. The topological polar surface area (TPSA) is 55.6 Å². The van der Waals surface area contributed by atoms with E-state index in [2.05, 4.69) is 34.2 Å². The normalized spacial score (nSPS) is 10.9. The van der Waals surface area contributed by atoms with Gasteiger partial charge in [-0.05, 0) is 27.7 Å². The third-order valence-electron chi connectivity index (χ3n) is 2.60. The second-order valence-corrected chi connectivity index (χ2v) is 4.55. The fraction of sp³-hybridized carbons (Fsp3) is 0.462. The summed E-state index contributed by atoms with van der Waals surface area (Å²) in [5.41, 5.74) is 1.90. The summed E-state index contributed by atoms with van der Waals surface area (Å²) < 4.78 is 1.91. The van der Waals surface area contributed by atoms with Crippen LogP contribution in [0.15, 0.2) is 18.5 Å². The van der Waals surface area contributed by atoms with Gasteiger partial charge in [-0.2, -0.15) is 5.10 Å². The van der Waals surface area contributed by atoms with Crippen molar-refractivity contribution < 1.29 is 0 Å². The SMILES string of the molecule is CCNc1cc(C)nc(-c2cnn(C(C)C)c2)n1. The van der Waals surface area contributed by atoms with Gasteiger partial charge in [-0.3, -0.25) is 4.68 Å². The number of aromatic nitrogens is 4. The van der Waals surface area contributed by atoms with Gasteiger partial charge in [0.25, 0.3) is 0 Å². The Morgan fingerprint density at radius 3 is 2.72 bits per heavy atom. The maximum absolute atomic E-state index is 4.49. The first-order chi connectivity index (χ1) is 8.60. The largest absolute Gasteiger partial charge is 0.370 e. The molecule has 1 N–H and O–H groups in total. The van der Waals surface area contributed by atoms with Crippen LogP contribution in [0.2, 0.25) is 0 Å². The number of hydrogen-bond acceptors (Lipinski definition) is 4. The average Bonchev–Trinajstić information content (AvgIpc) is 2.78. The monoisotopic (exact) mass is 245 g/mol. The quantitative estimate of drug-likeness (QED) is 0.899. The van der Waals surface area contributed by atoms with Crippen molar-refractivity contribution in [2.24, 2.45) is 0 Å². The molecule has 0 saturated heterocycles. The molecule has 2 rings (SSSR count). The zero-order valence-corrected chi connectivity index (χ0v) is 11.3. The molecule has 0 aromatic carbocycles. The molecule has 2 aromatic heterocycles. The van der Waals surface area contributed by atoms with Gasteiger partial charge in [0.1, 0.15) is 5.82 Å². The van der Waals surface area contributed by atoms with Crippen LogP contribution in [-0.4, -0.2) is 26.3 Å². The van der Waals surface area contributed by atoms with Gasteiger partial charge < -0.3 is 5.32 Å². The summed E-state index contributed by atoms with van der Waals surface area (Å²) in [6, 6.07) is 2.29. The summed E-state index contributed by atoms with van der Waals surface area (Å²) in [4.78, 5) is 8.95. The first-order valence-electron chi connectivity index (χ1n) is 6.24. The van der Waals surface area contributed by atoms with E-state index in [1.807, 2.05) is 37.0 Å². The van der Waals surface area contributed by atoms with Crippen LogP contribution in [0.1, 0.15) is 32.5 Å². The molecule has 2 aromatic rings. The molecule has 2 heterocycles. The Balaban J connectivity index is 2.36. The lowest BCUT2D eigenvalue weighted by Gasteiger charge is -2.06. The van der Waals surface area contributed by atoms with E-state index < -0.39 is 0 Å². The van der Waals surface area contributed by atoms with E-state index in [4.69, 9.17) is 0 Å². The van der Waals surface area contributed by atoms with Crippen LogP contribution in [0.3, 0.4) is 0 Å². The molecule has 0 aliphatic carbocycles. The highest BCUT2D eigenvalue weighted by molar-refractivity contribution is 5.55. The lowest BCUT2D eigenvalue weighted by Crippen LogP contribution is -2.02. The third kappa shape index (κ3) is 2.67. The first kappa shape index (κ1) is 12.5. The van der Waals surface area contributed by atoms with Gasteiger partial charge in [0, 0.05) is 30.5 Å². The minimum absolute atomic E-state index is 0.344. The van der Waals surface area contributed by atoms with E-state index in [9.17, 15) is 0 Å². The number of nitrogens with zero attached hydrogens (tertiary/aromatic N) is 4. The van der Waals surface area contributed by atoms with Crippen LogP contribution < -0.4 is 5.32 Å². The molecule has 0 amide bonds. The number of rotatable bonds is 4. The van der Waals surface area contributed by atoms with Crippen LogP contribution >= 0.6 is 0 Å². The summed E-state index contributed by atoms with van der Waals surface area (Å²) in [6.45, 7) is 9.06. The van der Waals surface area contributed by atoms with Crippen molar-refractivity contribution >= 4 is 5.82 Å². The van der Waals surface area contributed by atoms with Crippen molar-refractivity contribution in [3.63, 3.8) is 0 Å². The maximum atomic E-state index is 4.49. The van der Waals surface area contributed by atoms with E-state index >= 15 is 0 Å². The van der Waals surface area contributed by atoms with Crippen LogP contribution in [-0.2, 0) is 0 Å². The van der Waals surface area contributed by atoms with Gasteiger partial charge in [0.2, 0.25) is 0 Å². The first-order valence-corrected chi connectivity index (χ1v) is 6.24. The van der Waals surface area contributed by atoms with E-state index in [0.29, 0.717) is 6.04 Å². The van der Waals surface area contributed by atoms with E-state index in [1.54, 1.807) is 0 Å². The van der Waals surface area contributed by atoms with Crippen molar-refractivity contribution in [3.05, 3.63) is 24.2 Å². The third-order valence-corrected chi connectivity index (χ3v) is 2.60. The highest BCUT2D eigenvalue weighted by Crippen LogP contribution is 2.18. The summed E-state index contributed by atoms with van der Waals surface area (Å²) in [5.74, 6) is 1.58. The lowest BCUT2D eigenvalue weighted by atomic mass is 10.3. The van der Waals surface area contributed by atoms with Crippen LogP contribution in [0.4, 0.5) is 5.82 Å². The molecule has 0 atom stereocenters. The number of nitrogens with one attached hydrogen (secondary N) is 1. The van der Waals surface area contributed by atoms with Crippen molar-refractivity contribution in [1.82, 2.24) is 19.7 Å². The molecule has 18 heavy (non-hydrogen) atoms. The van der Waals surface area contributed by atoms with Crippen LogP contribution in [0, 0.1) is 6.92 Å². The Labute approximate surface area is 107 Å². The molecule has 96 valence electrons. The Morgan fingerprint density at radius 2 is 2.11 bits per heavy atom. The summed E-state index contributed by atoms with van der Waals surface area (Å²) in [7, 11) is 0. The molecule has 0 fully saturated rings. The van der Waals surface area contributed by atoms with Crippen LogP contribution in [0.5, 0.6) is 0 Å². The van der Waals surface area contributed by atoms with Gasteiger partial charge in [0.05, 0.1) is 11.8 Å². The molecular weight excluding hydrogens is 226 g/mol. The van der Waals surface area contributed by atoms with Crippen molar-refractivity contribution in [3.8, 4) is 11.4 Å². The predicted molar refractivity (Wildman–Crippen MR) is 72.5 cm³/mol. The van der Waals surface area contributed by atoms with Crippen molar-refractivity contribution in [2.75, 3.05) is 11.9 Å². The standard InChI is InChI=1S/C13H19N5/c1-5-14-12-6-10(4)16-13(17-12)11-7-15-18(8-11)9(2)3/h6-9H,5H2,1-4H3,(H,14,16,17). The number of hydrogen-bond donors (Lipinski definition) is 1. The molecular formula is C13H19N5. The summed E-state index contributed by atoms with van der Waals surface area (Å²) in [5, 5.41) is 7.52. The maximum Gasteiger partial charge on any atom is 0.164 e. The zero-order chi connectivity index (χ0) is 13.1. The van der Waals surface area contributed by atoms with E-state index in [0.717, 1.165) is 29.4 Å². The molecule has 0 aliphatic heterocycles. The highest BCUT2D eigenvalue weighted by Gasteiger charge is 2.08. The Bertz CT molecular complexity index is 530. The molecule has 5 heteroatoms. The Hall–Kier alpha value is -1.91. The fourth-order valence-corrected chi connectivity index (χ4v) is 1.71. The minimum atomic E-state index is 0.344. The molecule has 0 spiro atoms. The van der Waals surface area contributed by atoms with Crippen molar-refractivity contribution in [1.29, 1.82) is 0 Å². The van der Waals surface area contributed by atoms with Gasteiger partial charge >= 0.3 is 0 Å². The predicted octanol–water partition coefficient (Wildman–Crippen LogP) is 2.66. The summed E-state index contributed by atoms with van der Waals surface area (Å²) in [6.07, 6.45) is 3.79. The average molecular weight is 245 g/mol. The second-order valence-electron chi connectivity index (χ2n) is 4.55. The highest BCUT2D eigenvalue weighted by atomic mass is 15.3. The molecule has 0 bridgehead atoms. The van der Waals surface area contributed by atoms with E-state index in [-0.39, 0.29) is 0 Å². The molecule has 0 unspecified atom stereocenters. The second kappa shape index (κ2) is 5.16. The van der Waals surface area contributed by atoms with E-state index in [1.165, 1.54) is 0 Å². The van der Waals surface area contributed by atoms with Crippen LogP contribution in [0.25, 0.3) is 11.4 Å². The van der Waals surface area contributed by atoms with Gasteiger partial charge in [-0.15, -0.1) is 0 Å². The Kier molecular flexibility index (Phi) is 3.60. The zero-order valence-electron chi connectivity index (χ0n) is 11.3. The Morgan fingerprint density at radius 1 is 1.33 bits per heavy atom. The molecule has 0 radical (unpaired) electrons. The minimum Gasteiger partial charge on any atom is -0.370 e. The lowest BCUT2D eigenvalue weighted by molar-refractivity contribution is 0.532. The van der Waals surface area contributed by atoms with Gasteiger partial charge in [-0.25, -0.2) is 9.97 Å². The smallest absolute Gasteiger partial charge is 0.164 e. The molecule has 5 nitrogen and oxygen atoms in total. The van der Waals surface area contributed by atoms with Gasteiger partial charge in [0.15, 0.2) is 5.82 Å². The molecule has 0 aliphatic rings. The number of anilines is 1. The summed E-state index contributed by atoms with van der Waals surface area (Å²) >= 11 is 0. The van der Waals surface area contributed by atoms with Gasteiger partial charge in [-0.1, -0.05) is 0 Å². The van der Waals surface area contributed by atoms with Crippen molar-refractivity contribution in [2.45, 2.75) is 33.7 Å². The fourth-order valence-electron chi connectivity index (χ4n) is 1.71. The molecule has 0 saturated carbocycles.